The van der Waals surface area contributed by atoms with Crippen LogP contribution in [0.4, 0.5) is 0 Å². The van der Waals surface area contributed by atoms with Gasteiger partial charge in [-0.1, -0.05) is 25.0 Å². The summed E-state index contributed by atoms with van der Waals surface area (Å²) in [6.45, 7) is 1.66. The van der Waals surface area contributed by atoms with Gasteiger partial charge in [0, 0.05) is 24.2 Å². The van der Waals surface area contributed by atoms with Gasteiger partial charge >= 0.3 is 0 Å². The number of carbonyl (C=O) groups is 2. The minimum absolute atomic E-state index is 0.0749. The summed E-state index contributed by atoms with van der Waals surface area (Å²) in [5.41, 5.74) is 1.48. The molecule has 114 valence electrons. The summed E-state index contributed by atoms with van der Waals surface area (Å²) < 4.78 is 5.43. The summed E-state index contributed by atoms with van der Waals surface area (Å²) >= 11 is 0. The van der Waals surface area contributed by atoms with Crippen LogP contribution in [0.5, 0.6) is 0 Å². The molecule has 1 aromatic heterocycles. The van der Waals surface area contributed by atoms with E-state index in [1.165, 1.54) is 12.8 Å². The number of furan rings is 1. The fourth-order valence-electron chi connectivity index (χ4n) is 2.83. The quantitative estimate of drug-likeness (QED) is 0.810. The third-order valence-electron chi connectivity index (χ3n) is 4.03. The average molecular weight is 297 g/mol. The number of carbonyl (C=O) groups excluding carboxylic acids is 2. The second-order valence-electron chi connectivity index (χ2n) is 5.61. The van der Waals surface area contributed by atoms with Crippen LogP contribution in [0.25, 0.3) is 11.3 Å². The Kier molecular flexibility index (Phi) is 4.37. The molecule has 4 heteroatoms. The summed E-state index contributed by atoms with van der Waals surface area (Å²) in [4.78, 5) is 25.3. The van der Waals surface area contributed by atoms with Gasteiger partial charge in [0.1, 0.15) is 5.76 Å². The largest absolute Gasteiger partial charge is 0.453 e. The lowest BCUT2D eigenvalue weighted by Gasteiger charge is -2.20. The van der Waals surface area contributed by atoms with Gasteiger partial charge in [-0.2, -0.15) is 0 Å². The molecule has 0 unspecified atom stereocenters. The zero-order valence-corrected chi connectivity index (χ0v) is 12.5. The van der Waals surface area contributed by atoms with Crippen LogP contribution in [0.3, 0.4) is 0 Å². The molecule has 0 radical (unpaired) electrons. The Balaban J connectivity index is 1.83. The van der Waals surface area contributed by atoms with E-state index in [0.717, 1.165) is 31.5 Å². The predicted molar refractivity (Wildman–Crippen MR) is 83.9 cm³/mol. The molecule has 1 amide bonds. The summed E-state index contributed by atoms with van der Waals surface area (Å²) in [5, 5.41) is 0. The lowest BCUT2D eigenvalue weighted by molar-refractivity contribution is 0.0761. The lowest BCUT2D eigenvalue weighted by Crippen LogP contribution is -2.31. The van der Waals surface area contributed by atoms with Crippen molar-refractivity contribution in [1.82, 2.24) is 4.90 Å². The van der Waals surface area contributed by atoms with Crippen molar-refractivity contribution in [2.24, 2.45) is 0 Å². The van der Waals surface area contributed by atoms with Crippen molar-refractivity contribution >= 4 is 12.2 Å². The van der Waals surface area contributed by atoms with E-state index < -0.39 is 0 Å². The third-order valence-corrected chi connectivity index (χ3v) is 4.03. The number of hydrogen-bond donors (Lipinski definition) is 0. The number of hydrogen-bond acceptors (Lipinski definition) is 3. The van der Waals surface area contributed by atoms with Crippen LogP contribution < -0.4 is 0 Å². The first kappa shape index (κ1) is 14.6. The number of rotatable bonds is 3. The SMILES string of the molecule is O=Cc1ccc(-c2cccc(C(=O)N3CCCCCC3)c2)o1. The highest BCUT2D eigenvalue weighted by Crippen LogP contribution is 2.23. The molecular weight excluding hydrogens is 278 g/mol. The normalized spacial score (nSPS) is 15.4. The summed E-state index contributed by atoms with van der Waals surface area (Å²) in [5.74, 6) is 0.970. The van der Waals surface area contributed by atoms with E-state index in [0.29, 0.717) is 23.4 Å². The molecule has 2 aromatic rings. The first-order valence-corrected chi connectivity index (χ1v) is 7.72. The van der Waals surface area contributed by atoms with Crippen molar-refractivity contribution in [1.29, 1.82) is 0 Å². The molecule has 1 aliphatic heterocycles. The smallest absolute Gasteiger partial charge is 0.253 e. The monoisotopic (exact) mass is 297 g/mol. The van der Waals surface area contributed by atoms with E-state index in [-0.39, 0.29) is 5.91 Å². The van der Waals surface area contributed by atoms with Crippen molar-refractivity contribution in [3.05, 3.63) is 47.7 Å². The van der Waals surface area contributed by atoms with Gasteiger partial charge in [0.25, 0.3) is 5.91 Å². The van der Waals surface area contributed by atoms with Crippen LogP contribution in [0.2, 0.25) is 0 Å². The molecule has 1 aromatic carbocycles. The number of aldehydes is 1. The number of likely N-dealkylation sites (tertiary alicyclic amines) is 1. The van der Waals surface area contributed by atoms with E-state index in [1.54, 1.807) is 12.1 Å². The van der Waals surface area contributed by atoms with Gasteiger partial charge in [0.05, 0.1) is 0 Å². The fraction of sp³-hybridized carbons (Fsp3) is 0.333. The van der Waals surface area contributed by atoms with Crippen molar-refractivity contribution in [3.8, 4) is 11.3 Å². The van der Waals surface area contributed by atoms with Crippen molar-refractivity contribution in [2.45, 2.75) is 25.7 Å². The first-order chi connectivity index (χ1) is 10.8. The Bertz CT molecular complexity index is 666. The van der Waals surface area contributed by atoms with Gasteiger partial charge in [0.2, 0.25) is 0 Å². The van der Waals surface area contributed by atoms with E-state index >= 15 is 0 Å². The standard InChI is InChI=1S/C18H19NO3/c20-13-16-8-9-17(22-16)14-6-5-7-15(12-14)18(21)19-10-3-1-2-4-11-19/h5-9,12-13H,1-4,10-11H2. The van der Waals surface area contributed by atoms with Crippen molar-refractivity contribution in [2.75, 3.05) is 13.1 Å². The number of amides is 1. The predicted octanol–water partition coefficient (Wildman–Crippen LogP) is 3.78. The molecule has 1 saturated heterocycles. The molecule has 0 bridgehead atoms. The van der Waals surface area contributed by atoms with Crippen molar-refractivity contribution in [3.63, 3.8) is 0 Å². The highest BCUT2D eigenvalue weighted by molar-refractivity contribution is 5.95. The molecule has 0 aliphatic carbocycles. The first-order valence-electron chi connectivity index (χ1n) is 7.72. The summed E-state index contributed by atoms with van der Waals surface area (Å²) in [7, 11) is 0. The van der Waals surface area contributed by atoms with Crippen LogP contribution in [0, 0.1) is 0 Å². The van der Waals surface area contributed by atoms with Crippen LogP contribution >= 0.6 is 0 Å². The molecule has 1 fully saturated rings. The molecule has 0 saturated carbocycles. The molecule has 22 heavy (non-hydrogen) atoms. The van der Waals surface area contributed by atoms with Crippen LogP contribution in [0.1, 0.15) is 46.6 Å². The second-order valence-corrected chi connectivity index (χ2v) is 5.61. The molecule has 0 spiro atoms. The lowest BCUT2D eigenvalue weighted by atomic mass is 10.1. The fourth-order valence-corrected chi connectivity index (χ4v) is 2.83. The van der Waals surface area contributed by atoms with Crippen molar-refractivity contribution < 1.29 is 14.0 Å². The Hall–Kier alpha value is -2.36. The molecule has 4 nitrogen and oxygen atoms in total. The van der Waals surface area contributed by atoms with Gasteiger partial charge in [-0.05, 0) is 37.1 Å². The molecular formula is C18H19NO3. The van der Waals surface area contributed by atoms with Gasteiger partial charge in [-0.15, -0.1) is 0 Å². The molecule has 3 rings (SSSR count). The third kappa shape index (κ3) is 3.11. The maximum atomic E-state index is 12.6. The minimum Gasteiger partial charge on any atom is -0.453 e. The zero-order valence-electron chi connectivity index (χ0n) is 12.5. The second kappa shape index (κ2) is 6.60. The number of nitrogens with zero attached hydrogens (tertiary/aromatic N) is 1. The van der Waals surface area contributed by atoms with Gasteiger partial charge in [-0.3, -0.25) is 9.59 Å². The maximum Gasteiger partial charge on any atom is 0.253 e. The highest BCUT2D eigenvalue weighted by Gasteiger charge is 2.18. The summed E-state index contributed by atoms with van der Waals surface area (Å²) in [6, 6.07) is 10.8. The Morgan fingerprint density at radius 2 is 1.82 bits per heavy atom. The van der Waals surface area contributed by atoms with Crippen LogP contribution in [-0.4, -0.2) is 30.2 Å². The zero-order chi connectivity index (χ0) is 15.4. The van der Waals surface area contributed by atoms with E-state index in [1.807, 2.05) is 29.2 Å². The molecule has 0 atom stereocenters. The van der Waals surface area contributed by atoms with Gasteiger partial charge in [0.15, 0.2) is 12.0 Å². The topological polar surface area (TPSA) is 50.5 Å². The highest BCUT2D eigenvalue weighted by atomic mass is 16.3. The van der Waals surface area contributed by atoms with E-state index in [2.05, 4.69) is 0 Å². The minimum atomic E-state index is 0.0749. The Labute approximate surface area is 129 Å². The molecule has 1 aliphatic rings. The van der Waals surface area contributed by atoms with Crippen LogP contribution in [0.15, 0.2) is 40.8 Å². The van der Waals surface area contributed by atoms with Crippen LogP contribution in [-0.2, 0) is 0 Å². The average Bonchev–Trinajstić information content (AvgIpc) is 2.89. The Morgan fingerprint density at radius 1 is 1.05 bits per heavy atom. The van der Waals surface area contributed by atoms with E-state index in [9.17, 15) is 9.59 Å². The maximum absolute atomic E-state index is 12.6. The Morgan fingerprint density at radius 3 is 2.50 bits per heavy atom. The van der Waals surface area contributed by atoms with Gasteiger partial charge in [-0.25, -0.2) is 0 Å². The molecule has 0 N–H and O–H groups in total. The summed E-state index contributed by atoms with van der Waals surface area (Å²) in [6.07, 6.45) is 5.23. The van der Waals surface area contributed by atoms with Gasteiger partial charge < -0.3 is 9.32 Å². The van der Waals surface area contributed by atoms with E-state index in [4.69, 9.17) is 4.42 Å². The molecule has 2 heterocycles. The number of benzene rings is 1.